The van der Waals surface area contributed by atoms with Crippen molar-refractivity contribution in [2.75, 3.05) is 32.2 Å². The minimum Gasteiger partial charge on any atom is -0.475 e. The molecule has 1 N–H and O–H groups in total. The topological polar surface area (TPSA) is 56.3 Å². The Bertz CT molecular complexity index is 367. The molecule has 17 heavy (non-hydrogen) atoms. The molecule has 1 aliphatic carbocycles. The van der Waals surface area contributed by atoms with Gasteiger partial charge in [0.2, 0.25) is 5.88 Å². The summed E-state index contributed by atoms with van der Waals surface area (Å²) in [5.74, 6) is 2.86. The molecule has 0 spiro atoms. The smallest absolute Gasteiger partial charge is 0.218 e. The van der Waals surface area contributed by atoms with E-state index in [2.05, 4.69) is 15.3 Å². The van der Waals surface area contributed by atoms with E-state index in [9.17, 15) is 0 Å². The highest BCUT2D eigenvalue weighted by atomic mass is 16.5. The van der Waals surface area contributed by atoms with Crippen molar-refractivity contribution in [2.45, 2.75) is 25.7 Å². The van der Waals surface area contributed by atoms with Crippen LogP contribution >= 0.6 is 0 Å². The number of hydrogen-bond donors (Lipinski definition) is 1. The third kappa shape index (κ3) is 3.56. The minimum absolute atomic E-state index is 0.526. The van der Waals surface area contributed by atoms with Crippen LogP contribution in [0.4, 0.5) is 5.82 Å². The lowest BCUT2D eigenvalue weighted by Gasteiger charge is -2.08. The Hall–Kier alpha value is -1.36. The van der Waals surface area contributed by atoms with Gasteiger partial charge in [-0.15, -0.1) is 0 Å². The first-order valence-electron chi connectivity index (χ1n) is 6.10. The predicted molar refractivity (Wildman–Crippen MR) is 65.5 cm³/mol. The maximum absolute atomic E-state index is 5.55. The molecule has 1 aromatic heterocycles. The molecular weight excluding hydrogens is 218 g/mol. The molecule has 0 saturated heterocycles. The average Bonchev–Trinajstić information content (AvgIpc) is 3.18. The number of aromatic nitrogens is 2. The standard InChI is InChI=1S/C12H19N3O2/c1-3-16-6-7-17-11-8-10(13-2)14-12(15-11)9-4-5-9/h8-9H,3-7H2,1-2H3,(H,13,14,15). The zero-order valence-corrected chi connectivity index (χ0v) is 10.4. The van der Waals surface area contributed by atoms with Crippen LogP contribution in [0.1, 0.15) is 31.5 Å². The molecule has 0 amide bonds. The molecule has 0 bridgehead atoms. The summed E-state index contributed by atoms with van der Waals surface area (Å²) >= 11 is 0. The van der Waals surface area contributed by atoms with Gasteiger partial charge in [0, 0.05) is 25.6 Å². The van der Waals surface area contributed by atoms with Gasteiger partial charge in [-0.1, -0.05) is 0 Å². The highest BCUT2D eigenvalue weighted by Crippen LogP contribution is 2.39. The van der Waals surface area contributed by atoms with Gasteiger partial charge in [-0.05, 0) is 19.8 Å². The molecule has 0 radical (unpaired) electrons. The lowest BCUT2D eigenvalue weighted by molar-refractivity contribution is 0.108. The van der Waals surface area contributed by atoms with Crippen molar-refractivity contribution in [3.05, 3.63) is 11.9 Å². The number of nitrogens with zero attached hydrogens (tertiary/aromatic N) is 2. The van der Waals surface area contributed by atoms with E-state index in [1.807, 2.05) is 20.0 Å². The second-order valence-electron chi connectivity index (χ2n) is 4.02. The quantitative estimate of drug-likeness (QED) is 0.733. The van der Waals surface area contributed by atoms with E-state index >= 15 is 0 Å². The third-order valence-electron chi connectivity index (χ3n) is 2.60. The van der Waals surface area contributed by atoms with E-state index < -0.39 is 0 Å². The second-order valence-corrected chi connectivity index (χ2v) is 4.02. The fourth-order valence-corrected chi connectivity index (χ4v) is 1.52. The maximum atomic E-state index is 5.55. The lowest BCUT2D eigenvalue weighted by atomic mass is 10.4. The van der Waals surface area contributed by atoms with Crippen LogP contribution in [0, 0.1) is 0 Å². The SMILES string of the molecule is CCOCCOc1cc(NC)nc(C2CC2)n1. The number of nitrogens with one attached hydrogen (secondary N) is 1. The Morgan fingerprint density at radius 1 is 1.35 bits per heavy atom. The summed E-state index contributed by atoms with van der Waals surface area (Å²) in [6, 6.07) is 1.82. The Balaban J connectivity index is 1.97. The first kappa shape index (κ1) is 12.1. The van der Waals surface area contributed by atoms with Crippen molar-refractivity contribution < 1.29 is 9.47 Å². The van der Waals surface area contributed by atoms with Crippen molar-refractivity contribution in [3.63, 3.8) is 0 Å². The highest BCUT2D eigenvalue weighted by molar-refractivity contribution is 5.38. The fraction of sp³-hybridized carbons (Fsp3) is 0.667. The molecular formula is C12H19N3O2. The number of ether oxygens (including phenoxy) is 2. The zero-order valence-electron chi connectivity index (χ0n) is 10.4. The molecule has 1 aliphatic rings. The van der Waals surface area contributed by atoms with Crippen LogP contribution in [-0.4, -0.2) is 36.8 Å². The van der Waals surface area contributed by atoms with Crippen LogP contribution in [0.15, 0.2) is 6.07 Å². The monoisotopic (exact) mass is 237 g/mol. The van der Waals surface area contributed by atoms with E-state index in [4.69, 9.17) is 9.47 Å². The van der Waals surface area contributed by atoms with Gasteiger partial charge in [0.25, 0.3) is 0 Å². The van der Waals surface area contributed by atoms with Gasteiger partial charge in [-0.2, -0.15) is 4.98 Å². The van der Waals surface area contributed by atoms with Crippen LogP contribution in [0.5, 0.6) is 5.88 Å². The number of anilines is 1. The molecule has 1 heterocycles. The number of hydrogen-bond acceptors (Lipinski definition) is 5. The van der Waals surface area contributed by atoms with Crippen LogP contribution in [0.25, 0.3) is 0 Å². The Morgan fingerprint density at radius 2 is 2.18 bits per heavy atom. The van der Waals surface area contributed by atoms with Crippen molar-refractivity contribution in [1.29, 1.82) is 0 Å². The first-order valence-corrected chi connectivity index (χ1v) is 6.10. The van der Waals surface area contributed by atoms with Gasteiger partial charge in [-0.3, -0.25) is 0 Å². The Labute approximate surface area is 102 Å². The molecule has 1 fully saturated rings. The molecule has 1 saturated carbocycles. The molecule has 0 atom stereocenters. The van der Waals surface area contributed by atoms with Crippen LogP contribution in [-0.2, 0) is 4.74 Å². The van der Waals surface area contributed by atoms with E-state index in [0.717, 1.165) is 11.6 Å². The maximum Gasteiger partial charge on any atom is 0.218 e. The summed E-state index contributed by atoms with van der Waals surface area (Å²) in [7, 11) is 1.85. The Kier molecular flexibility index (Phi) is 4.14. The highest BCUT2D eigenvalue weighted by Gasteiger charge is 2.27. The molecule has 1 aromatic rings. The van der Waals surface area contributed by atoms with Crippen LogP contribution < -0.4 is 10.1 Å². The minimum atomic E-state index is 0.526. The summed E-state index contributed by atoms with van der Waals surface area (Å²) < 4.78 is 10.8. The zero-order chi connectivity index (χ0) is 12.1. The van der Waals surface area contributed by atoms with Crippen molar-refractivity contribution in [2.24, 2.45) is 0 Å². The first-order chi connectivity index (χ1) is 8.33. The summed E-state index contributed by atoms with van der Waals surface area (Å²) in [5.41, 5.74) is 0. The van der Waals surface area contributed by atoms with Gasteiger partial charge < -0.3 is 14.8 Å². The fourth-order valence-electron chi connectivity index (χ4n) is 1.52. The normalized spacial score (nSPS) is 14.7. The summed E-state index contributed by atoms with van der Waals surface area (Å²) in [4.78, 5) is 8.84. The van der Waals surface area contributed by atoms with Gasteiger partial charge in [0.15, 0.2) is 0 Å². The molecule has 2 rings (SSSR count). The summed E-state index contributed by atoms with van der Waals surface area (Å²) in [5, 5.41) is 3.03. The van der Waals surface area contributed by atoms with Gasteiger partial charge in [0.1, 0.15) is 18.2 Å². The lowest BCUT2D eigenvalue weighted by Crippen LogP contribution is -2.09. The molecule has 94 valence electrons. The van der Waals surface area contributed by atoms with Crippen molar-refractivity contribution in [1.82, 2.24) is 9.97 Å². The van der Waals surface area contributed by atoms with E-state index in [-0.39, 0.29) is 0 Å². The molecule has 0 unspecified atom stereocenters. The third-order valence-corrected chi connectivity index (χ3v) is 2.60. The van der Waals surface area contributed by atoms with Gasteiger partial charge >= 0.3 is 0 Å². The van der Waals surface area contributed by atoms with Crippen LogP contribution in [0.2, 0.25) is 0 Å². The predicted octanol–water partition coefficient (Wildman–Crippen LogP) is 1.81. The molecule has 0 aliphatic heterocycles. The largest absolute Gasteiger partial charge is 0.475 e. The number of rotatable bonds is 7. The summed E-state index contributed by atoms with van der Waals surface area (Å²) in [6.07, 6.45) is 2.37. The van der Waals surface area contributed by atoms with E-state index in [0.29, 0.717) is 31.6 Å². The van der Waals surface area contributed by atoms with E-state index in [1.165, 1.54) is 12.8 Å². The van der Waals surface area contributed by atoms with Gasteiger partial charge in [0.05, 0.1) is 6.61 Å². The Morgan fingerprint density at radius 3 is 2.82 bits per heavy atom. The van der Waals surface area contributed by atoms with Crippen molar-refractivity contribution in [3.8, 4) is 5.88 Å². The summed E-state index contributed by atoms with van der Waals surface area (Å²) in [6.45, 7) is 3.80. The second kappa shape index (κ2) is 5.82. The van der Waals surface area contributed by atoms with Crippen molar-refractivity contribution >= 4 is 5.82 Å². The van der Waals surface area contributed by atoms with Crippen LogP contribution in [0.3, 0.4) is 0 Å². The average molecular weight is 237 g/mol. The molecule has 5 heteroatoms. The van der Waals surface area contributed by atoms with E-state index in [1.54, 1.807) is 0 Å². The molecule has 0 aromatic carbocycles. The van der Waals surface area contributed by atoms with Gasteiger partial charge in [-0.25, -0.2) is 4.98 Å². The molecule has 5 nitrogen and oxygen atoms in total.